The summed E-state index contributed by atoms with van der Waals surface area (Å²) in [5, 5.41) is 2.99. The maximum atomic E-state index is 12.2. The Bertz CT molecular complexity index is 1000. The Morgan fingerprint density at radius 1 is 1.15 bits per heavy atom. The van der Waals surface area contributed by atoms with E-state index in [0.29, 0.717) is 34.3 Å². The molecule has 0 bridgehead atoms. The van der Waals surface area contributed by atoms with Gasteiger partial charge in [0.15, 0.2) is 5.16 Å². The molecule has 1 saturated heterocycles. The highest BCUT2D eigenvalue weighted by atomic mass is 32.2. The molecule has 0 saturated carbocycles. The largest absolute Gasteiger partial charge is 0.480 e. The molecule has 1 aliphatic rings. The van der Waals surface area contributed by atoms with E-state index in [1.54, 1.807) is 6.08 Å². The van der Waals surface area contributed by atoms with Gasteiger partial charge in [0.05, 0.1) is 14.2 Å². The van der Waals surface area contributed by atoms with Crippen molar-refractivity contribution in [3.63, 3.8) is 0 Å². The predicted octanol–water partition coefficient (Wildman–Crippen LogP) is 0.825. The number of likely N-dealkylation sites (N-methyl/N-ethyl adjacent to an activating group) is 2. The summed E-state index contributed by atoms with van der Waals surface area (Å²) >= 11 is 1.14. The zero-order chi connectivity index (χ0) is 24.7. The molecule has 13 heteroatoms. The lowest BCUT2D eigenvalue weighted by Gasteiger charge is -2.32. The summed E-state index contributed by atoms with van der Waals surface area (Å²) in [5.74, 6) is 1.39. The minimum Gasteiger partial charge on any atom is -0.480 e. The van der Waals surface area contributed by atoms with E-state index in [1.165, 1.54) is 26.4 Å². The lowest BCUT2D eigenvalue weighted by atomic mass is 10.3. The van der Waals surface area contributed by atoms with Crippen LogP contribution in [-0.2, 0) is 4.79 Å². The number of rotatable bonds is 9. The van der Waals surface area contributed by atoms with Gasteiger partial charge in [-0.25, -0.2) is 9.97 Å². The Morgan fingerprint density at radius 3 is 2.38 bits per heavy atom. The van der Waals surface area contributed by atoms with Crippen LogP contribution in [0.15, 0.2) is 28.3 Å². The smallest absolute Gasteiger partial charge is 0.249 e. The Hall–Kier alpha value is -3.16. The number of ether oxygens (including phenoxy) is 2. The number of anilines is 3. The average molecular weight is 490 g/mol. The summed E-state index contributed by atoms with van der Waals surface area (Å²) in [6, 6.07) is 1.49. The third-order valence-corrected chi connectivity index (χ3v) is 5.79. The van der Waals surface area contributed by atoms with Crippen molar-refractivity contribution < 1.29 is 14.3 Å². The molecule has 2 aromatic rings. The highest BCUT2D eigenvalue weighted by Crippen LogP contribution is 2.40. The molecule has 0 radical (unpaired) electrons. The van der Waals surface area contributed by atoms with Gasteiger partial charge in [0, 0.05) is 44.9 Å². The Labute approximate surface area is 203 Å². The number of nitrogens with one attached hydrogen (secondary N) is 1. The predicted molar refractivity (Wildman–Crippen MR) is 132 cm³/mol. The second-order valence-corrected chi connectivity index (χ2v) is 8.86. The fraction of sp³-hybridized carbons (Fsp3) is 0.476. The van der Waals surface area contributed by atoms with Crippen molar-refractivity contribution in [3.8, 4) is 11.8 Å². The minimum atomic E-state index is -0.314. The van der Waals surface area contributed by atoms with Crippen molar-refractivity contribution in [1.29, 1.82) is 0 Å². The topological polar surface area (TPSA) is 135 Å². The van der Waals surface area contributed by atoms with Crippen molar-refractivity contribution in [2.24, 2.45) is 0 Å². The van der Waals surface area contributed by atoms with E-state index in [9.17, 15) is 4.79 Å². The van der Waals surface area contributed by atoms with Crippen LogP contribution < -0.4 is 25.4 Å². The number of nitrogen functional groups attached to an aromatic ring is 1. The first-order valence-electron chi connectivity index (χ1n) is 10.7. The molecule has 0 unspecified atom stereocenters. The summed E-state index contributed by atoms with van der Waals surface area (Å²) in [6.07, 6.45) is 3.20. The average Bonchev–Trinajstić information content (AvgIpc) is 2.79. The Balaban J connectivity index is 1.82. The number of nitrogens with zero attached hydrogens (tertiary/aromatic N) is 7. The molecule has 0 atom stereocenters. The molecular weight excluding hydrogens is 458 g/mol. The van der Waals surface area contributed by atoms with Crippen LogP contribution in [0.5, 0.6) is 11.8 Å². The zero-order valence-corrected chi connectivity index (χ0v) is 20.9. The van der Waals surface area contributed by atoms with Gasteiger partial charge in [0.2, 0.25) is 23.6 Å². The number of hydrogen-bond donors (Lipinski definition) is 2. The van der Waals surface area contributed by atoms with Crippen LogP contribution in [-0.4, -0.2) is 104 Å². The first kappa shape index (κ1) is 25.5. The number of amides is 1. The van der Waals surface area contributed by atoms with Crippen LogP contribution in [0.4, 0.5) is 17.6 Å². The van der Waals surface area contributed by atoms with Crippen LogP contribution in [0, 0.1) is 0 Å². The second-order valence-electron chi connectivity index (χ2n) is 7.88. The number of hydrogen-bond acceptors (Lipinski definition) is 12. The van der Waals surface area contributed by atoms with Crippen LogP contribution >= 0.6 is 11.8 Å². The van der Waals surface area contributed by atoms with Crippen molar-refractivity contribution >= 4 is 35.3 Å². The van der Waals surface area contributed by atoms with Crippen molar-refractivity contribution in [1.82, 2.24) is 29.7 Å². The molecule has 184 valence electrons. The van der Waals surface area contributed by atoms with E-state index in [2.05, 4.69) is 42.1 Å². The number of carbonyl (C=O) groups excluding carboxylic acids is 1. The molecule has 3 heterocycles. The summed E-state index contributed by atoms with van der Waals surface area (Å²) < 4.78 is 11.1. The van der Waals surface area contributed by atoms with E-state index >= 15 is 0 Å². The number of aromatic nitrogens is 4. The fourth-order valence-corrected chi connectivity index (χ4v) is 4.00. The van der Waals surface area contributed by atoms with E-state index in [0.717, 1.165) is 37.9 Å². The summed E-state index contributed by atoms with van der Waals surface area (Å²) in [7, 11) is 8.99. The van der Waals surface area contributed by atoms with Gasteiger partial charge in [-0.3, -0.25) is 4.79 Å². The number of nitrogens with two attached hydrogens (primary N) is 1. The van der Waals surface area contributed by atoms with E-state index in [1.807, 2.05) is 19.0 Å². The van der Waals surface area contributed by atoms with E-state index in [4.69, 9.17) is 15.2 Å². The third kappa shape index (κ3) is 6.92. The molecule has 12 nitrogen and oxygen atoms in total. The van der Waals surface area contributed by atoms with Crippen molar-refractivity contribution in [2.75, 3.05) is 84.0 Å². The van der Waals surface area contributed by atoms with Crippen LogP contribution in [0.1, 0.15) is 0 Å². The molecule has 1 aliphatic heterocycles. The third-order valence-electron chi connectivity index (χ3n) is 4.87. The summed E-state index contributed by atoms with van der Waals surface area (Å²) in [4.78, 5) is 36.8. The van der Waals surface area contributed by atoms with Gasteiger partial charge < -0.3 is 35.2 Å². The van der Waals surface area contributed by atoms with E-state index in [-0.39, 0.29) is 17.5 Å². The molecule has 3 N–H and O–H groups in total. The Morgan fingerprint density at radius 2 is 1.79 bits per heavy atom. The van der Waals surface area contributed by atoms with E-state index < -0.39 is 0 Å². The molecular formula is C21H31N9O3S. The highest BCUT2D eigenvalue weighted by Gasteiger charge is 2.24. The molecule has 0 aliphatic carbocycles. The van der Waals surface area contributed by atoms with Gasteiger partial charge in [-0.05, 0) is 32.9 Å². The minimum absolute atomic E-state index is 0.206. The number of methoxy groups -OCH3 is 2. The maximum Gasteiger partial charge on any atom is 0.249 e. The van der Waals surface area contributed by atoms with Gasteiger partial charge in [0.1, 0.15) is 16.5 Å². The van der Waals surface area contributed by atoms with Gasteiger partial charge in [-0.15, -0.1) is 0 Å². The lowest BCUT2D eigenvalue weighted by molar-refractivity contribution is -0.111. The summed E-state index contributed by atoms with van der Waals surface area (Å²) in [6.45, 7) is 4.09. The monoisotopic (exact) mass is 489 g/mol. The molecule has 1 amide bonds. The van der Waals surface area contributed by atoms with Crippen molar-refractivity contribution in [3.05, 3.63) is 18.2 Å². The maximum absolute atomic E-state index is 12.2. The van der Waals surface area contributed by atoms with Crippen molar-refractivity contribution in [2.45, 2.75) is 10.1 Å². The second kappa shape index (κ2) is 11.8. The SMILES string of the molecule is COc1nc(N2CCN(C)CC2)nc(OC)c1Sc1nc(N)cc(NC(=O)/C=C/CN(C)C)n1. The van der Waals surface area contributed by atoms with Crippen LogP contribution in [0.25, 0.3) is 0 Å². The van der Waals surface area contributed by atoms with Gasteiger partial charge in [-0.2, -0.15) is 9.97 Å². The normalized spacial score (nSPS) is 14.6. The molecule has 0 spiro atoms. The first-order valence-corrected chi connectivity index (χ1v) is 11.5. The van der Waals surface area contributed by atoms with Gasteiger partial charge in [0.25, 0.3) is 0 Å². The first-order chi connectivity index (χ1) is 16.3. The molecule has 34 heavy (non-hydrogen) atoms. The zero-order valence-electron chi connectivity index (χ0n) is 20.1. The Kier molecular flexibility index (Phi) is 8.85. The molecule has 1 fully saturated rings. The van der Waals surface area contributed by atoms with Gasteiger partial charge >= 0.3 is 0 Å². The number of piperazine rings is 1. The fourth-order valence-electron chi connectivity index (χ4n) is 3.09. The summed E-state index contributed by atoms with van der Waals surface area (Å²) in [5.41, 5.74) is 5.96. The molecule has 2 aromatic heterocycles. The quantitative estimate of drug-likeness (QED) is 0.381. The highest BCUT2D eigenvalue weighted by molar-refractivity contribution is 7.99. The van der Waals surface area contributed by atoms with Gasteiger partial charge in [-0.1, -0.05) is 6.08 Å². The lowest BCUT2D eigenvalue weighted by Crippen LogP contribution is -2.45. The molecule has 0 aromatic carbocycles. The standard InChI is InChI=1S/C21H31N9O3S/c1-28(2)8-6-7-16(31)24-15-13-14(22)23-21(25-15)34-17-18(32-4)26-20(27-19(17)33-5)30-11-9-29(3)10-12-30/h6-7,13H,8-12H2,1-5H3,(H3,22,23,24,25,31)/b7-6+. The van der Waals surface area contributed by atoms with Crippen LogP contribution in [0.3, 0.4) is 0 Å². The number of carbonyl (C=O) groups is 1. The molecule has 3 rings (SSSR count). The van der Waals surface area contributed by atoms with Crippen LogP contribution in [0.2, 0.25) is 0 Å².